The quantitative estimate of drug-likeness (QED) is 0.814. The highest BCUT2D eigenvalue weighted by Crippen LogP contribution is 2.34. The third kappa shape index (κ3) is 3.46. The molecule has 0 aliphatic heterocycles. The van der Waals surface area contributed by atoms with Crippen molar-refractivity contribution in [3.63, 3.8) is 0 Å². The van der Waals surface area contributed by atoms with Crippen LogP contribution in [0.4, 0.5) is 0 Å². The number of nitriles is 1. The van der Waals surface area contributed by atoms with E-state index in [2.05, 4.69) is 37.2 Å². The van der Waals surface area contributed by atoms with Gasteiger partial charge in [-0.1, -0.05) is 0 Å². The molecular weight excluding hydrogens is 222 g/mol. The van der Waals surface area contributed by atoms with Crippen LogP contribution in [-0.2, 0) is 0 Å². The lowest BCUT2D eigenvalue weighted by molar-refractivity contribution is 0.136. The second-order valence-electron chi connectivity index (χ2n) is 6.63. The van der Waals surface area contributed by atoms with Crippen molar-refractivity contribution in [2.24, 2.45) is 5.92 Å². The third-order valence-corrected chi connectivity index (χ3v) is 4.37. The molecule has 0 aromatic carbocycles. The van der Waals surface area contributed by atoms with Gasteiger partial charge in [0, 0.05) is 18.6 Å². The van der Waals surface area contributed by atoms with Gasteiger partial charge in [-0.2, -0.15) is 5.26 Å². The first-order valence-electron chi connectivity index (χ1n) is 7.44. The van der Waals surface area contributed by atoms with Gasteiger partial charge >= 0.3 is 0 Å². The summed E-state index contributed by atoms with van der Waals surface area (Å²) in [5, 5.41) is 13.1. The first-order valence-corrected chi connectivity index (χ1v) is 7.44. The van der Waals surface area contributed by atoms with Crippen LogP contribution in [0.2, 0.25) is 0 Å². The Labute approximate surface area is 112 Å². The van der Waals surface area contributed by atoms with Crippen molar-refractivity contribution >= 4 is 0 Å². The molecule has 2 atom stereocenters. The molecular formula is C15H27N3. The maximum absolute atomic E-state index is 9.55. The van der Waals surface area contributed by atoms with E-state index < -0.39 is 0 Å². The zero-order chi connectivity index (χ0) is 13.2. The highest BCUT2D eigenvalue weighted by molar-refractivity contribution is 5.11. The molecule has 102 valence electrons. The summed E-state index contributed by atoms with van der Waals surface area (Å²) < 4.78 is 0. The zero-order valence-corrected chi connectivity index (χ0v) is 12.1. The number of hydrogen-bond donors (Lipinski definition) is 1. The van der Waals surface area contributed by atoms with Gasteiger partial charge in [0.15, 0.2) is 0 Å². The molecule has 2 fully saturated rings. The van der Waals surface area contributed by atoms with Gasteiger partial charge in [0.05, 0.1) is 6.07 Å². The van der Waals surface area contributed by atoms with Gasteiger partial charge in [-0.25, -0.2) is 0 Å². The van der Waals surface area contributed by atoms with Gasteiger partial charge in [0.1, 0.15) is 5.54 Å². The lowest BCUT2D eigenvalue weighted by Crippen LogP contribution is -2.54. The van der Waals surface area contributed by atoms with Crippen LogP contribution in [0.3, 0.4) is 0 Å². The molecule has 0 heterocycles. The summed E-state index contributed by atoms with van der Waals surface area (Å²) in [6.45, 7) is 5.50. The van der Waals surface area contributed by atoms with Gasteiger partial charge in [-0.05, 0) is 65.3 Å². The molecule has 2 aliphatic carbocycles. The second-order valence-corrected chi connectivity index (χ2v) is 6.63. The Hall–Kier alpha value is -0.590. The maximum atomic E-state index is 9.55. The van der Waals surface area contributed by atoms with E-state index in [1.807, 2.05) is 0 Å². The molecule has 2 rings (SSSR count). The molecule has 1 N–H and O–H groups in total. The van der Waals surface area contributed by atoms with E-state index in [0.29, 0.717) is 12.1 Å². The van der Waals surface area contributed by atoms with Crippen LogP contribution in [0, 0.1) is 17.2 Å². The summed E-state index contributed by atoms with van der Waals surface area (Å²) in [5.41, 5.74) is -0.283. The van der Waals surface area contributed by atoms with E-state index in [1.165, 1.54) is 32.2 Å². The highest BCUT2D eigenvalue weighted by atomic mass is 15.1. The minimum atomic E-state index is -0.283. The normalized spacial score (nSPS) is 32.8. The molecule has 3 heteroatoms. The fourth-order valence-electron chi connectivity index (χ4n) is 3.30. The smallest absolute Gasteiger partial charge is 0.108 e. The van der Waals surface area contributed by atoms with Crippen molar-refractivity contribution in [3.05, 3.63) is 0 Å². The molecule has 0 spiro atoms. The first-order chi connectivity index (χ1) is 8.54. The predicted molar refractivity (Wildman–Crippen MR) is 74.2 cm³/mol. The average molecular weight is 249 g/mol. The fraction of sp³-hybridized carbons (Fsp3) is 0.933. The molecule has 2 unspecified atom stereocenters. The van der Waals surface area contributed by atoms with Crippen LogP contribution in [0.1, 0.15) is 52.4 Å². The summed E-state index contributed by atoms with van der Waals surface area (Å²) in [6.07, 6.45) is 7.25. The van der Waals surface area contributed by atoms with Crippen molar-refractivity contribution in [1.29, 1.82) is 5.26 Å². The predicted octanol–water partition coefficient (Wildman–Crippen LogP) is 2.53. The standard InChI is InChI=1S/C15H27N3/c1-12(2)17-15(11-16)8-4-5-14(9-15)18(3)10-13-6-7-13/h12-14,17H,4-10H2,1-3H3. The van der Waals surface area contributed by atoms with E-state index in [9.17, 15) is 5.26 Å². The Morgan fingerprint density at radius 2 is 2.11 bits per heavy atom. The van der Waals surface area contributed by atoms with Gasteiger partial charge in [0.25, 0.3) is 0 Å². The molecule has 2 saturated carbocycles. The Morgan fingerprint density at radius 3 is 2.67 bits per heavy atom. The Morgan fingerprint density at radius 1 is 1.39 bits per heavy atom. The van der Waals surface area contributed by atoms with Crippen molar-refractivity contribution < 1.29 is 0 Å². The van der Waals surface area contributed by atoms with Crippen LogP contribution in [-0.4, -0.2) is 36.1 Å². The second kappa shape index (κ2) is 5.59. The van der Waals surface area contributed by atoms with Crippen molar-refractivity contribution in [3.8, 4) is 6.07 Å². The topological polar surface area (TPSA) is 39.1 Å². The molecule has 0 aromatic rings. The van der Waals surface area contributed by atoms with E-state index in [1.54, 1.807) is 0 Å². The largest absolute Gasteiger partial charge is 0.303 e. The lowest BCUT2D eigenvalue weighted by atomic mass is 9.79. The molecule has 0 saturated heterocycles. The molecule has 0 aromatic heterocycles. The molecule has 18 heavy (non-hydrogen) atoms. The summed E-state index contributed by atoms with van der Waals surface area (Å²) >= 11 is 0. The van der Waals surface area contributed by atoms with Gasteiger partial charge in [-0.15, -0.1) is 0 Å². The summed E-state index contributed by atoms with van der Waals surface area (Å²) in [4.78, 5) is 2.50. The highest BCUT2D eigenvalue weighted by Gasteiger charge is 2.39. The number of nitrogens with one attached hydrogen (secondary N) is 1. The number of nitrogens with zero attached hydrogens (tertiary/aromatic N) is 2. The van der Waals surface area contributed by atoms with Crippen LogP contribution in [0.15, 0.2) is 0 Å². The van der Waals surface area contributed by atoms with Crippen molar-refractivity contribution in [2.45, 2.75) is 70.0 Å². The van der Waals surface area contributed by atoms with Gasteiger partial charge in [0.2, 0.25) is 0 Å². The molecule has 0 bridgehead atoms. The minimum Gasteiger partial charge on any atom is -0.303 e. The van der Waals surface area contributed by atoms with E-state index in [-0.39, 0.29) is 5.54 Å². The van der Waals surface area contributed by atoms with Crippen LogP contribution in [0.25, 0.3) is 0 Å². The molecule has 3 nitrogen and oxygen atoms in total. The third-order valence-electron chi connectivity index (χ3n) is 4.37. The summed E-state index contributed by atoms with van der Waals surface area (Å²) in [5.74, 6) is 0.937. The Balaban J connectivity index is 1.94. The van der Waals surface area contributed by atoms with Crippen molar-refractivity contribution in [2.75, 3.05) is 13.6 Å². The van der Waals surface area contributed by atoms with Crippen LogP contribution in [0.5, 0.6) is 0 Å². The molecule has 0 amide bonds. The lowest BCUT2D eigenvalue weighted by Gasteiger charge is -2.41. The van der Waals surface area contributed by atoms with E-state index >= 15 is 0 Å². The number of rotatable bonds is 5. The Bertz CT molecular complexity index is 316. The van der Waals surface area contributed by atoms with Gasteiger partial charge < -0.3 is 4.90 Å². The van der Waals surface area contributed by atoms with E-state index in [0.717, 1.165) is 18.8 Å². The van der Waals surface area contributed by atoms with Crippen LogP contribution < -0.4 is 5.32 Å². The zero-order valence-electron chi connectivity index (χ0n) is 12.1. The maximum Gasteiger partial charge on any atom is 0.108 e. The molecule has 0 radical (unpaired) electrons. The van der Waals surface area contributed by atoms with Crippen molar-refractivity contribution in [1.82, 2.24) is 10.2 Å². The minimum absolute atomic E-state index is 0.283. The number of hydrogen-bond acceptors (Lipinski definition) is 3. The van der Waals surface area contributed by atoms with Crippen LogP contribution >= 0.6 is 0 Å². The average Bonchev–Trinajstić information content (AvgIpc) is 3.12. The fourth-order valence-corrected chi connectivity index (χ4v) is 3.30. The Kier molecular flexibility index (Phi) is 4.29. The molecule has 2 aliphatic rings. The monoisotopic (exact) mass is 249 g/mol. The SMILES string of the molecule is CC(C)NC1(C#N)CCCC(N(C)CC2CC2)C1. The summed E-state index contributed by atoms with van der Waals surface area (Å²) in [7, 11) is 2.24. The summed E-state index contributed by atoms with van der Waals surface area (Å²) in [6, 6.07) is 3.54. The van der Waals surface area contributed by atoms with Gasteiger partial charge in [-0.3, -0.25) is 5.32 Å². The van der Waals surface area contributed by atoms with E-state index in [4.69, 9.17) is 0 Å². The first kappa shape index (κ1) is 13.8.